The van der Waals surface area contributed by atoms with Gasteiger partial charge in [-0.15, -0.1) is 0 Å². The highest BCUT2D eigenvalue weighted by Gasteiger charge is 2.23. The van der Waals surface area contributed by atoms with E-state index in [1.807, 2.05) is 0 Å². The molecule has 2 N–H and O–H groups in total. The summed E-state index contributed by atoms with van der Waals surface area (Å²) in [4.78, 5) is 15.7. The van der Waals surface area contributed by atoms with Crippen LogP contribution in [0.15, 0.2) is 18.2 Å². The Balaban J connectivity index is 2.64. The zero-order chi connectivity index (χ0) is 14.7. The average molecular weight is 306 g/mol. The van der Waals surface area contributed by atoms with Crippen LogP contribution in [0, 0.1) is 0 Å². The first-order valence-corrected chi connectivity index (χ1v) is 7.76. The molecular weight excluding hydrogens is 290 g/mol. The summed E-state index contributed by atoms with van der Waals surface area (Å²) in [6.45, 7) is 3.46. The fraction of sp³-hybridized carbons (Fsp3) is 0.455. The predicted molar refractivity (Wildman–Crippen MR) is 73.6 cm³/mol. The predicted octanol–water partition coefficient (Wildman–Crippen LogP) is 0.793. The van der Waals surface area contributed by atoms with Gasteiger partial charge in [-0.05, 0) is 26.0 Å². The lowest BCUT2D eigenvalue weighted by molar-refractivity contribution is 0.0939. The minimum absolute atomic E-state index is 0.132. The van der Waals surface area contributed by atoms with Gasteiger partial charge in [0, 0.05) is 12.1 Å². The molecule has 0 bridgehead atoms. The molecule has 0 radical (unpaired) electrons. The van der Waals surface area contributed by atoms with Gasteiger partial charge in [0.2, 0.25) is 10.0 Å². The summed E-state index contributed by atoms with van der Waals surface area (Å²) < 4.78 is 24.7. The van der Waals surface area contributed by atoms with Crippen LogP contribution >= 0.6 is 11.6 Å². The number of rotatable bonds is 5. The molecule has 0 aliphatic carbocycles. The smallest absolute Gasteiger partial charge is 0.270 e. The van der Waals surface area contributed by atoms with E-state index in [9.17, 15) is 13.2 Å². The standard InChI is InChI=1S/C11H16ClN3O3S/c1-11(2,15-19(3,17)18)7-13-10(16)8-5-4-6-9(12)14-8/h4-6,15H,7H2,1-3H3,(H,13,16). The molecule has 0 saturated carbocycles. The second kappa shape index (κ2) is 5.85. The van der Waals surface area contributed by atoms with Gasteiger partial charge in [-0.3, -0.25) is 4.79 Å². The van der Waals surface area contributed by atoms with Gasteiger partial charge >= 0.3 is 0 Å². The van der Waals surface area contributed by atoms with Crippen LogP contribution in [0.1, 0.15) is 24.3 Å². The van der Waals surface area contributed by atoms with Gasteiger partial charge < -0.3 is 5.32 Å². The van der Waals surface area contributed by atoms with Gasteiger partial charge in [0.05, 0.1) is 6.26 Å². The van der Waals surface area contributed by atoms with Gasteiger partial charge in [-0.25, -0.2) is 18.1 Å². The number of nitrogens with zero attached hydrogens (tertiary/aromatic N) is 1. The summed E-state index contributed by atoms with van der Waals surface area (Å²) in [6.07, 6.45) is 1.06. The van der Waals surface area contributed by atoms with E-state index < -0.39 is 21.5 Å². The fourth-order valence-corrected chi connectivity index (χ4v) is 2.70. The number of carbonyl (C=O) groups is 1. The lowest BCUT2D eigenvalue weighted by atomic mass is 10.1. The minimum atomic E-state index is -3.34. The van der Waals surface area contributed by atoms with Crippen molar-refractivity contribution >= 4 is 27.5 Å². The SMILES string of the molecule is CC(C)(CNC(=O)c1cccc(Cl)n1)NS(C)(=O)=O. The number of aromatic nitrogens is 1. The number of amides is 1. The lowest BCUT2D eigenvalue weighted by Crippen LogP contribution is -2.51. The van der Waals surface area contributed by atoms with Crippen molar-refractivity contribution in [2.75, 3.05) is 12.8 Å². The molecule has 19 heavy (non-hydrogen) atoms. The number of halogens is 1. The normalized spacial score (nSPS) is 12.2. The molecule has 0 aliphatic heterocycles. The Morgan fingerprint density at radius 2 is 2.05 bits per heavy atom. The van der Waals surface area contributed by atoms with E-state index in [4.69, 9.17) is 11.6 Å². The van der Waals surface area contributed by atoms with E-state index in [0.717, 1.165) is 6.26 Å². The van der Waals surface area contributed by atoms with E-state index in [2.05, 4.69) is 15.0 Å². The van der Waals surface area contributed by atoms with Crippen LogP contribution in [0.4, 0.5) is 0 Å². The van der Waals surface area contributed by atoms with Gasteiger partial charge in [-0.2, -0.15) is 0 Å². The second-order valence-electron chi connectivity index (χ2n) is 4.79. The van der Waals surface area contributed by atoms with E-state index in [1.165, 1.54) is 6.07 Å². The van der Waals surface area contributed by atoms with Crippen molar-refractivity contribution < 1.29 is 13.2 Å². The lowest BCUT2D eigenvalue weighted by Gasteiger charge is -2.25. The maximum absolute atomic E-state index is 11.8. The zero-order valence-corrected chi connectivity index (χ0v) is 12.5. The zero-order valence-electron chi connectivity index (χ0n) is 10.9. The van der Waals surface area contributed by atoms with Gasteiger partial charge in [0.1, 0.15) is 10.8 Å². The molecule has 0 spiro atoms. The Kier molecular flexibility index (Phi) is 4.89. The number of hydrogen-bond donors (Lipinski definition) is 2. The highest BCUT2D eigenvalue weighted by molar-refractivity contribution is 7.88. The summed E-state index contributed by atoms with van der Waals surface area (Å²) in [5.41, 5.74) is -0.607. The molecule has 8 heteroatoms. The van der Waals surface area contributed by atoms with Gasteiger partial charge in [0.25, 0.3) is 5.91 Å². The van der Waals surface area contributed by atoms with E-state index in [1.54, 1.807) is 26.0 Å². The number of nitrogens with one attached hydrogen (secondary N) is 2. The monoisotopic (exact) mass is 305 g/mol. The highest BCUT2D eigenvalue weighted by Crippen LogP contribution is 2.06. The number of pyridine rings is 1. The molecule has 0 unspecified atom stereocenters. The van der Waals surface area contributed by atoms with Crippen LogP contribution in [0.25, 0.3) is 0 Å². The van der Waals surface area contributed by atoms with E-state index in [0.29, 0.717) is 0 Å². The first kappa shape index (κ1) is 15.9. The molecule has 0 aromatic carbocycles. The van der Waals surface area contributed by atoms with Crippen molar-refractivity contribution in [3.05, 3.63) is 29.0 Å². The number of sulfonamides is 1. The molecule has 0 saturated heterocycles. The van der Waals surface area contributed by atoms with Crippen LogP contribution in [0.2, 0.25) is 5.15 Å². The highest BCUT2D eigenvalue weighted by atomic mass is 35.5. The topological polar surface area (TPSA) is 88.2 Å². The molecule has 106 valence electrons. The fourth-order valence-electron chi connectivity index (χ4n) is 1.46. The van der Waals surface area contributed by atoms with Crippen molar-refractivity contribution in [3.8, 4) is 0 Å². The molecule has 0 aliphatic rings. The van der Waals surface area contributed by atoms with Crippen molar-refractivity contribution in [1.82, 2.24) is 15.0 Å². The van der Waals surface area contributed by atoms with Crippen LogP contribution in [-0.2, 0) is 10.0 Å². The Bertz CT molecular complexity index is 572. The molecule has 0 fully saturated rings. The summed E-state index contributed by atoms with van der Waals surface area (Å²) in [5.74, 6) is -0.411. The van der Waals surface area contributed by atoms with Crippen LogP contribution < -0.4 is 10.0 Å². The second-order valence-corrected chi connectivity index (χ2v) is 6.92. The van der Waals surface area contributed by atoms with Crippen LogP contribution in [-0.4, -0.2) is 37.6 Å². The van der Waals surface area contributed by atoms with Crippen LogP contribution in [0.5, 0.6) is 0 Å². The van der Waals surface area contributed by atoms with Crippen molar-refractivity contribution in [3.63, 3.8) is 0 Å². The maximum atomic E-state index is 11.8. The third-order valence-corrected chi connectivity index (χ3v) is 3.23. The summed E-state index contributed by atoms with van der Waals surface area (Å²) in [5, 5.41) is 2.83. The molecule has 6 nitrogen and oxygen atoms in total. The molecule has 1 aromatic heterocycles. The molecule has 1 rings (SSSR count). The number of hydrogen-bond acceptors (Lipinski definition) is 4. The Morgan fingerprint density at radius 1 is 1.42 bits per heavy atom. The third-order valence-electron chi connectivity index (χ3n) is 2.10. The van der Waals surface area contributed by atoms with Gasteiger partial charge in [0.15, 0.2) is 0 Å². The molecule has 0 atom stereocenters. The molecular formula is C11H16ClN3O3S. The first-order valence-electron chi connectivity index (χ1n) is 5.49. The summed E-state index contributed by atoms with van der Waals surface area (Å²) in [7, 11) is -3.34. The Labute approximate surface area is 117 Å². The molecule has 1 heterocycles. The van der Waals surface area contributed by atoms with Crippen molar-refractivity contribution in [2.45, 2.75) is 19.4 Å². The van der Waals surface area contributed by atoms with Crippen molar-refractivity contribution in [1.29, 1.82) is 0 Å². The molecule has 1 aromatic rings. The van der Waals surface area contributed by atoms with Crippen LogP contribution in [0.3, 0.4) is 0 Å². The molecule has 1 amide bonds. The van der Waals surface area contributed by atoms with Crippen molar-refractivity contribution in [2.24, 2.45) is 0 Å². The van der Waals surface area contributed by atoms with E-state index >= 15 is 0 Å². The third kappa shape index (κ3) is 6.00. The summed E-state index contributed by atoms with van der Waals surface area (Å²) in [6, 6.07) is 4.70. The maximum Gasteiger partial charge on any atom is 0.270 e. The quantitative estimate of drug-likeness (QED) is 0.787. The summed E-state index contributed by atoms with van der Waals surface area (Å²) >= 11 is 5.68. The first-order chi connectivity index (χ1) is 8.59. The average Bonchev–Trinajstić information content (AvgIpc) is 2.22. The largest absolute Gasteiger partial charge is 0.349 e. The van der Waals surface area contributed by atoms with E-state index in [-0.39, 0.29) is 17.4 Å². The number of carbonyl (C=O) groups excluding carboxylic acids is 1. The minimum Gasteiger partial charge on any atom is -0.349 e. The Hall–Kier alpha value is -1.18. The van der Waals surface area contributed by atoms with Gasteiger partial charge in [-0.1, -0.05) is 17.7 Å². The Morgan fingerprint density at radius 3 is 2.58 bits per heavy atom.